The molecule has 0 aromatic carbocycles. The molecule has 0 aliphatic carbocycles. The average Bonchev–Trinajstić information content (AvgIpc) is 2.65. The van der Waals surface area contributed by atoms with Crippen molar-refractivity contribution in [2.24, 2.45) is 0 Å². The Bertz CT molecular complexity index is 418. The molecule has 1 heterocycles. The molecule has 0 saturated carbocycles. The van der Waals surface area contributed by atoms with Gasteiger partial charge in [-0.1, -0.05) is 0 Å². The molecule has 0 amide bonds. The molecule has 4 heteroatoms. The summed E-state index contributed by atoms with van der Waals surface area (Å²) >= 11 is 1.33. The van der Waals surface area contributed by atoms with E-state index in [1.54, 1.807) is 6.07 Å². The van der Waals surface area contributed by atoms with E-state index in [4.69, 9.17) is 11.5 Å². The smallest absolute Gasteiger partial charge is 0.345 e. The predicted molar refractivity (Wildman–Crippen MR) is 70.4 cm³/mol. The van der Waals surface area contributed by atoms with Crippen LogP contribution < -0.4 is 5.32 Å². The standard InChI is InChI=1S/C13H17NO2S/c1-3-4-5-6-7-14-9-11-8-12(13(15)16)17-10(11)2/h1,8,14H,4-7,9H2,2H3,(H,15,16). The van der Waals surface area contributed by atoms with E-state index < -0.39 is 5.97 Å². The topological polar surface area (TPSA) is 49.3 Å². The number of thiophene rings is 1. The first kappa shape index (κ1) is 13.8. The van der Waals surface area contributed by atoms with Crippen molar-refractivity contribution in [3.05, 3.63) is 21.4 Å². The van der Waals surface area contributed by atoms with Gasteiger partial charge in [-0.05, 0) is 37.9 Å². The van der Waals surface area contributed by atoms with Crippen LogP contribution in [0.3, 0.4) is 0 Å². The third kappa shape index (κ3) is 4.59. The fourth-order valence-electron chi connectivity index (χ4n) is 1.50. The lowest BCUT2D eigenvalue weighted by Gasteiger charge is -2.03. The molecule has 0 aliphatic rings. The number of hydrogen-bond donors (Lipinski definition) is 2. The van der Waals surface area contributed by atoms with E-state index in [0.717, 1.165) is 42.8 Å². The Balaban J connectivity index is 2.32. The molecule has 1 aromatic rings. The number of aromatic carboxylic acids is 1. The summed E-state index contributed by atoms with van der Waals surface area (Å²) in [6, 6.07) is 1.75. The van der Waals surface area contributed by atoms with Crippen LogP contribution in [0.2, 0.25) is 0 Å². The molecule has 0 unspecified atom stereocenters. The van der Waals surface area contributed by atoms with E-state index in [9.17, 15) is 4.79 Å². The summed E-state index contributed by atoms with van der Waals surface area (Å²) in [5.74, 6) is 1.76. The molecule has 0 aliphatic heterocycles. The summed E-state index contributed by atoms with van der Waals surface area (Å²) in [6.07, 6.45) is 8.07. The molecule has 0 saturated heterocycles. The van der Waals surface area contributed by atoms with E-state index in [-0.39, 0.29) is 0 Å². The van der Waals surface area contributed by atoms with Gasteiger partial charge in [0.1, 0.15) is 4.88 Å². The molecule has 17 heavy (non-hydrogen) atoms. The highest BCUT2D eigenvalue weighted by molar-refractivity contribution is 7.14. The van der Waals surface area contributed by atoms with Crippen molar-refractivity contribution in [3.63, 3.8) is 0 Å². The van der Waals surface area contributed by atoms with Crippen molar-refractivity contribution >= 4 is 17.3 Å². The highest BCUT2D eigenvalue weighted by atomic mass is 32.1. The quantitative estimate of drug-likeness (QED) is 0.578. The van der Waals surface area contributed by atoms with Crippen molar-refractivity contribution in [3.8, 4) is 12.3 Å². The highest BCUT2D eigenvalue weighted by Crippen LogP contribution is 2.21. The Labute approximate surface area is 106 Å². The van der Waals surface area contributed by atoms with Crippen LogP contribution in [0.15, 0.2) is 6.07 Å². The molecule has 0 atom stereocenters. The number of rotatable bonds is 7. The van der Waals surface area contributed by atoms with Gasteiger partial charge >= 0.3 is 5.97 Å². The lowest BCUT2D eigenvalue weighted by atomic mass is 10.2. The van der Waals surface area contributed by atoms with Gasteiger partial charge < -0.3 is 10.4 Å². The highest BCUT2D eigenvalue weighted by Gasteiger charge is 2.10. The van der Waals surface area contributed by atoms with Crippen LogP contribution >= 0.6 is 11.3 Å². The van der Waals surface area contributed by atoms with Crippen LogP contribution in [0.5, 0.6) is 0 Å². The zero-order valence-electron chi connectivity index (χ0n) is 9.95. The van der Waals surface area contributed by atoms with Crippen LogP contribution in [-0.2, 0) is 6.54 Å². The van der Waals surface area contributed by atoms with Gasteiger partial charge in [-0.3, -0.25) is 0 Å². The fourth-order valence-corrected chi connectivity index (χ4v) is 2.38. The van der Waals surface area contributed by atoms with Gasteiger partial charge in [0, 0.05) is 17.8 Å². The molecule has 2 N–H and O–H groups in total. The zero-order chi connectivity index (χ0) is 12.7. The van der Waals surface area contributed by atoms with Gasteiger partial charge in [0.25, 0.3) is 0 Å². The summed E-state index contributed by atoms with van der Waals surface area (Å²) < 4.78 is 0. The Morgan fingerprint density at radius 3 is 2.94 bits per heavy atom. The molecular formula is C13H17NO2S. The van der Waals surface area contributed by atoms with E-state index in [2.05, 4.69) is 11.2 Å². The van der Waals surface area contributed by atoms with Crippen molar-refractivity contribution in [2.45, 2.75) is 32.7 Å². The lowest BCUT2D eigenvalue weighted by molar-refractivity contribution is 0.0702. The number of nitrogens with one attached hydrogen (secondary N) is 1. The first-order chi connectivity index (χ1) is 8.15. The molecule has 0 radical (unpaired) electrons. The molecular weight excluding hydrogens is 234 g/mol. The number of carbonyl (C=O) groups is 1. The van der Waals surface area contributed by atoms with Crippen LogP contribution in [0, 0.1) is 19.3 Å². The summed E-state index contributed by atoms with van der Waals surface area (Å²) in [5.41, 5.74) is 1.07. The lowest BCUT2D eigenvalue weighted by Crippen LogP contribution is -2.14. The molecule has 0 fully saturated rings. The zero-order valence-corrected chi connectivity index (χ0v) is 10.8. The molecule has 92 valence electrons. The molecule has 0 bridgehead atoms. The maximum Gasteiger partial charge on any atom is 0.345 e. The number of unbranched alkanes of at least 4 members (excludes halogenated alkanes) is 2. The minimum atomic E-state index is -0.849. The van der Waals surface area contributed by atoms with Crippen LogP contribution in [-0.4, -0.2) is 17.6 Å². The number of carboxylic acids is 1. The van der Waals surface area contributed by atoms with Gasteiger partial charge in [0.15, 0.2) is 0 Å². The molecule has 1 rings (SSSR count). The van der Waals surface area contributed by atoms with Crippen molar-refractivity contribution < 1.29 is 9.90 Å². The van der Waals surface area contributed by atoms with E-state index >= 15 is 0 Å². The van der Waals surface area contributed by atoms with Gasteiger partial charge in [-0.15, -0.1) is 23.7 Å². The fraction of sp³-hybridized carbons (Fsp3) is 0.462. The van der Waals surface area contributed by atoms with Crippen molar-refractivity contribution in [1.29, 1.82) is 0 Å². The second-order valence-electron chi connectivity index (χ2n) is 3.84. The normalized spacial score (nSPS) is 10.1. The summed E-state index contributed by atoms with van der Waals surface area (Å²) in [5, 5.41) is 12.2. The van der Waals surface area contributed by atoms with E-state index in [1.165, 1.54) is 11.3 Å². The molecule has 1 aromatic heterocycles. The first-order valence-electron chi connectivity index (χ1n) is 5.62. The summed E-state index contributed by atoms with van der Waals surface area (Å²) in [7, 11) is 0. The number of carboxylic acid groups (broad SMARTS) is 1. The van der Waals surface area contributed by atoms with Gasteiger partial charge in [0.05, 0.1) is 0 Å². The minimum Gasteiger partial charge on any atom is -0.477 e. The Morgan fingerprint density at radius 2 is 2.35 bits per heavy atom. The van der Waals surface area contributed by atoms with Crippen LogP contribution in [0.25, 0.3) is 0 Å². The van der Waals surface area contributed by atoms with Crippen LogP contribution in [0.4, 0.5) is 0 Å². The third-order valence-corrected chi connectivity index (χ3v) is 3.55. The number of aryl methyl sites for hydroxylation is 1. The Kier molecular flexibility index (Phi) is 5.75. The first-order valence-corrected chi connectivity index (χ1v) is 6.43. The maximum absolute atomic E-state index is 10.8. The Morgan fingerprint density at radius 1 is 1.59 bits per heavy atom. The monoisotopic (exact) mass is 251 g/mol. The summed E-state index contributed by atoms with van der Waals surface area (Å²) in [6.45, 7) is 3.59. The van der Waals surface area contributed by atoms with Crippen molar-refractivity contribution in [1.82, 2.24) is 5.32 Å². The van der Waals surface area contributed by atoms with Crippen molar-refractivity contribution in [2.75, 3.05) is 6.54 Å². The predicted octanol–water partition coefficient (Wildman–Crippen LogP) is 2.65. The minimum absolute atomic E-state index is 0.409. The van der Waals surface area contributed by atoms with E-state index in [1.807, 2.05) is 6.92 Å². The summed E-state index contributed by atoms with van der Waals surface area (Å²) in [4.78, 5) is 12.3. The Hall–Kier alpha value is -1.31. The SMILES string of the molecule is C#CCCCCNCc1cc(C(=O)O)sc1C. The average molecular weight is 251 g/mol. The van der Waals surface area contributed by atoms with Gasteiger partial charge in [0.2, 0.25) is 0 Å². The number of hydrogen-bond acceptors (Lipinski definition) is 3. The number of terminal acetylenes is 1. The van der Waals surface area contributed by atoms with Gasteiger partial charge in [-0.2, -0.15) is 0 Å². The van der Waals surface area contributed by atoms with Gasteiger partial charge in [-0.25, -0.2) is 4.79 Å². The molecule has 3 nitrogen and oxygen atoms in total. The second-order valence-corrected chi connectivity index (χ2v) is 5.09. The largest absolute Gasteiger partial charge is 0.477 e. The molecule has 0 spiro atoms. The third-order valence-electron chi connectivity index (χ3n) is 2.47. The van der Waals surface area contributed by atoms with Crippen LogP contribution in [0.1, 0.15) is 39.4 Å². The van der Waals surface area contributed by atoms with E-state index in [0.29, 0.717) is 4.88 Å². The maximum atomic E-state index is 10.8. The second kappa shape index (κ2) is 7.10.